The Kier molecular flexibility index (Phi) is 3.19. The van der Waals surface area contributed by atoms with E-state index in [1.807, 2.05) is 4.90 Å². The van der Waals surface area contributed by atoms with E-state index in [1.165, 1.54) is 6.33 Å². The minimum atomic E-state index is -0.793. The van der Waals surface area contributed by atoms with E-state index < -0.39 is 5.41 Å². The van der Waals surface area contributed by atoms with Crippen LogP contribution in [-0.2, 0) is 9.59 Å². The lowest BCUT2D eigenvalue weighted by atomic mass is 10.00. The van der Waals surface area contributed by atoms with Crippen LogP contribution in [0.2, 0.25) is 0 Å². The molecule has 2 heterocycles. The molecule has 7 nitrogen and oxygen atoms in total. The molecule has 2 amide bonds. The van der Waals surface area contributed by atoms with Gasteiger partial charge in [0.05, 0.1) is 6.04 Å². The molecular formula is C13H19N5O2. The first kappa shape index (κ1) is 13.1. The van der Waals surface area contributed by atoms with E-state index in [4.69, 9.17) is 0 Å². The number of carbonyl (C=O) groups is 2. The Morgan fingerprint density at radius 1 is 1.40 bits per heavy atom. The predicted octanol–water partition coefficient (Wildman–Crippen LogP) is -0.0322. The third-order valence-corrected chi connectivity index (χ3v) is 4.32. The van der Waals surface area contributed by atoms with Crippen LogP contribution < -0.4 is 5.32 Å². The van der Waals surface area contributed by atoms with Crippen LogP contribution in [0.25, 0.3) is 0 Å². The first-order valence-corrected chi connectivity index (χ1v) is 7.03. The number of rotatable bonds is 3. The Morgan fingerprint density at radius 3 is 2.80 bits per heavy atom. The summed E-state index contributed by atoms with van der Waals surface area (Å²) in [6, 6.07) is 0.163. The summed E-state index contributed by atoms with van der Waals surface area (Å²) in [5.41, 5.74) is -0.793. The van der Waals surface area contributed by atoms with Crippen molar-refractivity contribution in [3.63, 3.8) is 0 Å². The summed E-state index contributed by atoms with van der Waals surface area (Å²) in [7, 11) is 1.59. The number of nitrogens with zero attached hydrogens (tertiary/aromatic N) is 4. The molecule has 0 spiro atoms. The number of amides is 2. The van der Waals surface area contributed by atoms with Crippen molar-refractivity contribution in [3.05, 3.63) is 12.7 Å². The molecule has 2 fully saturated rings. The van der Waals surface area contributed by atoms with E-state index in [0.29, 0.717) is 19.4 Å². The van der Waals surface area contributed by atoms with Crippen molar-refractivity contribution in [1.29, 1.82) is 0 Å². The fourth-order valence-corrected chi connectivity index (χ4v) is 2.97. The SMILES string of the molecule is CNC(=O)C1(C(=O)N2CCC[C@@H](n3cncn3)C2)CC1. The molecule has 1 aromatic rings. The highest BCUT2D eigenvalue weighted by molar-refractivity contribution is 6.07. The standard InChI is InChI=1S/C13H19N5O2/c1-14-11(19)13(4-5-13)12(20)17-6-2-3-10(7-17)18-9-15-8-16-18/h8-10H,2-7H2,1H3,(H,14,19)/t10-/m1/s1. The molecule has 7 heteroatoms. The van der Waals surface area contributed by atoms with Crippen LogP contribution in [-0.4, -0.2) is 51.6 Å². The first-order chi connectivity index (χ1) is 9.67. The molecule has 1 aromatic heterocycles. The molecule has 2 aliphatic rings. The predicted molar refractivity (Wildman–Crippen MR) is 70.6 cm³/mol. The van der Waals surface area contributed by atoms with Crippen LogP contribution in [0.3, 0.4) is 0 Å². The highest BCUT2D eigenvalue weighted by Crippen LogP contribution is 2.48. The molecule has 0 radical (unpaired) electrons. The Bertz CT molecular complexity index is 509. The number of nitrogens with one attached hydrogen (secondary N) is 1. The normalized spacial score (nSPS) is 24.2. The van der Waals surface area contributed by atoms with Gasteiger partial charge in [-0.25, -0.2) is 9.67 Å². The van der Waals surface area contributed by atoms with Gasteiger partial charge in [0.1, 0.15) is 18.1 Å². The maximum atomic E-state index is 12.6. The van der Waals surface area contributed by atoms with Gasteiger partial charge in [-0.1, -0.05) is 0 Å². The topological polar surface area (TPSA) is 80.1 Å². The van der Waals surface area contributed by atoms with E-state index in [9.17, 15) is 9.59 Å². The summed E-state index contributed by atoms with van der Waals surface area (Å²) in [5.74, 6) is -0.174. The van der Waals surface area contributed by atoms with Gasteiger partial charge in [0, 0.05) is 20.1 Å². The summed E-state index contributed by atoms with van der Waals surface area (Å²) in [6.07, 6.45) is 6.43. The lowest BCUT2D eigenvalue weighted by Crippen LogP contribution is -2.48. The maximum absolute atomic E-state index is 12.6. The lowest BCUT2D eigenvalue weighted by Gasteiger charge is -2.34. The van der Waals surface area contributed by atoms with Crippen molar-refractivity contribution < 1.29 is 9.59 Å². The molecule has 20 heavy (non-hydrogen) atoms. The van der Waals surface area contributed by atoms with E-state index in [0.717, 1.165) is 19.4 Å². The second-order valence-corrected chi connectivity index (χ2v) is 5.58. The fourth-order valence-electron chi connectivity index (χ4n) is 2.97. The van der Waals surface area contributed by atoms with Crippen molar-refractivity contribution in [2.45, 2.75) is 31.7 Å². The van der Waals surface area contributed by atoms with Crippen LogP contribution in [0, 0.1) is 5.41 Å². The number of hydrogen-bond donors (Lipinski definition) is 1. The minimum absolute atomic E-state index is 0.0262. The second-order valence-electron chi connectivity index (χ2n) is 5.58. The highest BCUT2D eigenvalue weighted by atomic mass is 16.2. The van der Waals surface area contributed by atoms with Gasteiger partial charge in [-0.15, -0.1) is 0 Å². The van der Waals surface area contributed by atoms with Gasteiger partial charge < -0.3 is 10.2 Å². The van der Waals surface area contributed by atoms with Crippen molar-refractivity contribution >= 4 is 11.8 Å². The quantitative estimate of drug-likeness (QED) is 0.787. The smallest absolute Gasteiger partial charge is 0.238 e. The number of piperidine rings is 1. The van der Waals surface area contributed by atoms with Crippen molar-refractivity contribution in [1.82, 2.24) is 25.0 Å². The first-order valence-electron chi connectivity index (χ1n) is 7.03. The zero-order valence-electron chi connectivity index (χ0n) is 11.6. The zero-order chi connectivity index (χ0) is 14.2. The third-order valence-electron chi connectivity index (χ3n) is 4.32. The van der Waals surface area contributed by atoms with Crippen LogP contribution >= 0.6 is 0 Å². The van der Waals surface area contributed by atoms with Crippen LogP contribution in [0.4, 0.5) is 0 Å². The van der Waals surface area contributed by atoms with Gasteiger partial charge in [-0.3, -0.25) is 9.59 Å². The molecule has 0 bridgehead atoms. The molecule has 108 valence electrons. The average molecular weight is 277 g/mol. The van der Waals surface area contributed by atoms with Gasteiger partial charge in [0.2, 0.25) is 11.8 Å². The number of hydrogen-bond acceptors (Lipinski definition) is 4. The molecule has 1 aliphatic heterocycles. The largest absolute Gasteiger partial charge is 0.358 e. The third kappa shape index (κ3) is 2.07. The summed E-state index contributed by atoms with van der Waals surface area (Å²) in [6.45, 7) is 1.34. The van der Waals surface area contributed by atoms with Gasteiger partial charge >= 0.3 is 0 Å². The van der Waals surface area contributed by atoms with Crippen LogP contribution in [0.15, 0.2) is 12.7 Å². The summed E-state index contributed by atoms with van der Waals surface area (Å²) in [5, 5.41) is 6.76. The van der Waals surface area contributed by atoms with Gasteiger partial charge in [0.25, 0.3) is 0 Å². The summed E-state index contributed by atoms with van der Waals surface area (Å²) < 4.78 is 1.80. The maximum Gasteiger partial charge on any atom is 0.238 e. The molecule has 1 aliphatic carbocycles. The van der Waals surface area contributed by atoms with E-state index >= 15 is 0 Å². The molecule has 1 atom stereocenters. The van der Waals surface area contributed by atoms with Crippen LogP contribution in [0.1, 0.15) is 31.7 Å². The highest BCUT2D eigenvalue weighted by Gasteiger charge is 2.57. The molecule has 0 aromatic carbocycles. The molecule has 3 rings (SSSR count). The fraction of sp³-hybridized carbons (Fsp3) is 0.692. The Labute approximate surface area is 117 Å². The minimum Gasteiger partial charge on any atom is -0.358 e. The van der Waals surface area contributed by atoms with E-state index in [1.54, 1.807) is 18.1 Å². The van der Waals surface area contributed by atoms with Gasteiger partial charge in [-0.2, -0.15) is 5.10 Å². The summed E-state index contributed by atoms with van der Waals surface area (Å²) in [4.78, 5) is 30.3. The van der Waals surface area contributed by atoms with Crippen molar-refractivity contribution in [2.24, 2.45) is 5.41 Å². The van der Waals surface area contributed by atoms with Crippen LogP contribution in [0.5, 0.6) is 0 Å². The average Bonchev–Trinajstić information content (AvgIpc) is 3.12. The van der Waals surface area contributed by atoms with E-state index in [-0.39, 0.29) is 17.9 Å². The van der Waals surface area contributed by atoms with Gasteiger partial charge in [-0.05, 0) is 25.7 Å². The van der Waals surface area contributed by atoms with E-state index in [2.05, 4.69) is 15.4 Å². The molecule has 1 saturated carbocycles. The molecule has 1 N–H and O–H groups in total. The van der Waals surface area contributed by atoms with Gasteiger partial charge in [0.15, 0.2) is 0 Å². The Morgan fingerprint density at radius 2 is 2.20 bits per heavy atom. The van der Waals surface area contributed by atoms with Crippen molar-refractivity contribution in [2.75, 3.05) is 20.1 Å². The molecule has 0 unspecified atom stereocenters. The summed E-state index contributed by atoms with van der Waals surface area (Å²) >= 11 is 0. The monoisotopic (exact) mass is 277 g/mol. The number of likely N-dealkylation sites (tertiary alicyclic amines) is 1. The Hall–Kier alpha value is -1.92. The molecular weight excluding hydrogens is 258 g/mol. The second kappa shape index (κ2) is 4.88. The lowest BCUT2D eigenvalue weighted by molar-refractivity contribution is -0.145. The van der Waals surface area contributed by atoms with Crippen molar-refractivity contribution in [3.8, 4) is 0 Å². The number of aromatic nitrogens is 3. The number of carbonyl (C=O) groups excluding carboxylic acids is 2. The zero-order valence-corrected chi connectivity index (χ0v) is 11.6. The Balaban J connectivity index is 1.71. The molecule has 1 saturated heterocycles.